The molecule has 1 aliphatic rings. The highest BCUT2D eigenvalue weighted by molar-refractivity contribution is 5.42. The average Bonchev–Trinajstić information content (AvgIpc) is 2.86. The van der Waals surface area contributed by atoms with Gasteiger partial charge in [0.15, 0.2) is 0 Å². The molecule has 1 aliphatic heterocycles. The Morgan fingerprint density at radius 2 is 1.81 bits per heavy atom. The standard InChI is InChI=1S/C16H14F3NO/c1-20-16(15-12(18)6-9(17)7-13(15)19)11-8-21-14-5-3-2-4-10(11)14/h2-7,11,16,20H,8H2,1H3. The van der Waals surface area contributed by atoms with Gasteiger partial charge in [0.05, 0.1) is 6.61 Å². The molecule has 0 aromatic heterocycles. The molecule has 21 heavy (non-hydrogen) atoms. The highest BCUT2D eigenvalue weighted by atomic mass is 19.1. The lowest BCUT2D eigenvalue weighted by atomic mass is 9.88. The van der Waals surface area contributed by atoms with E-state index in [9.17, 15) is 13.2 Å². The van der Waals surface area contributed by atoms with Gasteiger partial charge in [-0.2, -0.15) is 0 Å². The van der Waals surface area contributed by atoms with Crippen LogP contribution >= 0.6 is 0 Å². The second-order valence-electron chi connectivity index (χ2n) is 5.00. The summed E-state index contributed by atoms with van der Waals surface area (Å²) in [6, 6.07) is 8.15. The molecular formula is C16H14F3NO. The number of halogens is 3. The van der Waals surface area contributed by atoms with Crippen LogP contribution in [0.15, 0.2) is 36.4 Å². The highest BCUT2D eigenvalue weighted by Crippen LogP contribution is 2.42. The second kappa shape index (κ2) is 5.41. The van der Waals surface area contributed by atoms with Crippen LogP contribution in [-0.2, 0) is 0 Å². The number of hydrogen-bond donors (Lipinski definition) is 1. The molecule has 2 nitrogen and oxygen atoms in total. The number of benzene rings is 2. The maximum absolute atomic E-state index is 14.0. The summed E-state index contributed by atoms with van der Waals surface area (Å²) in [6.45, 7) is 0.321. The third-order valence-electron chi connectivity index (χ3n) is 3.81. The van der Waals surface area contributed by atoms with E-state index in [-0.39, 0.29) is 11.5 Å². The molecule has 1 heterocycles. The van der Waals surface area contributed by atoms with Gasteiger partial charge in [-0.1, -0.05) is 18.2 Å². The van der Waals surface area contributed by atoms with Gasteiger partial charge >= 0.3 is 0 Å². The van der Waals surface area contributed by atoms with E-state index >= 15 is 0 Å². The SMILES string of the molecule is CNC(c1c(F)cc(F)cc1F)C1COc2ccccc21. The summed E-state index contributed by atoms with van der Waals surface area (Å²) in [5.41, 5.74) is 0.726. The molecule has 0 bridgehead atoms. The zero-order chi connectivity index (χ0) is 15.0. The van der Waals surface area contributed by atoms with Gasteiger partial charge < -0.3 is 10.1 Å². The first-order valence-electron chi connectivity index (χ1n) is 6.65. The topological polar surface area (TPSA) is 21.3 Å². The van der Waals surface area contributed by atoms with Crippen LogP contribution in [0.3, 0.4) is 0 Å². The molecule has 2 aromatic rings. The van der Waals surface area contributed by atoms with Crippen LogP contribution in [0.4, 0.5) is 13.2 Å². The molecule has 0 fully saturated rings. The van der Waals surface area contributed by atoms with Crippen molar-refractivity contribution in [2.75, 3.05) is 13.7 Å². The molecule has 0 saturated heterocycles. The monoisotopic (exact) mass is 293 g/mol. The molecule has 0 aliphatic carbocycles. The molecule has 0 radical (unpaired) electrons. The summed E-state index contributed by atoms with van der Waals surface area (Å²) < 4.78 is 46.7. The Kier molecular flexibility index (Phi) is 3.59. The van der Waals surface area contributed by atoms with Crippen LogP contribution < -0.4 is 10.1 Å². The summed E-state index contributed by atoms with van der Waals surface area (Å²) in [7, 11) is 1.62. The Hall–Kier alpha value is -2.01. The van der Waals surface area contributed by atoms with Crippen molar-refractivity contribution in [1.82, 2.24) is 5.32 Å². The fraction of sp³-hybridized carbons (Fsp3) is 0.250. The third kappa shape index (κ3) is 2.38. The summed E-state index contributed by atoms with van der Waals surface area (Å²) in [4.78, 5) is 0. The minimum absolute atomic E-state index is 0.163. The van der Waals surface area contributed by atoms with Crippen molar-refractivity contribution < 1.29 is 17.9 Å². The fourth-order valence-electron chi connectivity index (χ4n) is 2.86. The first-order valence-corrected chi connectivity index (χ1v) is 6.65. The molecule has 2 atom stereocenters. The summed E-state index contributed by atoms with van der Waals surface area (Å²) >= 11 is 0. The number of nitrogens with one attached hydrogen (secondary N) is 1. The van der Waals surface area contributed by atoms with Gasteiger partial charge in [-0.3, -0.25) is 0 Å². The summed E-state index contributed by atoms with van der Waals surface area (Å²) in [5.74, 6) is -2.23. The van der Waals surface area contributed by atoms with Crippen molar-refractivity contribution in [3.05, 3.63) is 65.0 Å². The summed E-state index contributed by atoms with van der Waals surface area (Å²) in [5, 5.41) is 2.92. The largest absolute Gasteiger partial charge is 0.493 e. The quantitative estimate of drug-likeness (QED) is 0.934. The number of hydrogen-bond acceptors (Lipinski definition) is 2. The van der Waals surface area contributed by atoms with E-state index in [0.29, 0.717) is 24.5 Å². The Labute approximate surface area is 120 Å². The Morgan fingerprint density at radius 1 is 1.14 bits per heavy atom. The number of rotatable bonds is 3. The van der Waals surface area contributed by atoms with Crippen LogP contribution in [0.2, 0.25) is 0 Å². The van der Waals surface area contributed by atoms with E-state index in [1.54, 1.807) is 7.05 Å². The Morgan fingerprint density at radius 3 is 2.48 bits per heavy atom. The first-order chi connectivity index (χ1) is 10.1. The highest BCUT2D eigenvalue weighted by Gasteiger charge is 2.34. The van der Waals surface area contributed by atoms with Crippen molar-refractivity contribution in [2.24, 2.45) is 0 Å². The number of fused-ring (bicyclic) bond motifs is 1. The van der Waals surface area contributed by atoms with Crippen molar-refractivity contribution in [1.29, 1.82) is 0 Å². The number of para-hydroxylation sites is 1. The molecular weight excluding hydrogens is 279 g/mol. The van der Waals surface area contributed by atoms with E-state index in [1.807, 2.05) is 24.3 Å². The second-order valence-corrected chi connectivity index (χ2v) is 5.00. The van der Waals surface area contributed by atoms with Crippen LogP contribution in [0.5, 0.6) is 5.75 Å². The van der Waals surface area contributed by atoms with E-state index in [2.05, 4.69) is 5.32 Å². The van der Waals surface area contributed by atoms with Gasteiger partial charge in [0, 0.05) is 35.2 Å². The first kappa shape index (κ1) is 13.9. The predicted molar refractivity (Wildman–Crippen MR) is 72.8 cm³/mol. The number of ether oxygens (including phenoxy) is 1. The van der Waals surface area contributed by atoms with Crippen molar-refractivity contribution in [3.8, 4) is 5.75 Å². The minimum atomic E-state index is -0.924. The van der Waals surface area contributed by atoms with Gasteiger partial charge in [-0.15, -0.1) is 0 Å². The fourth-order valence-corrected chi connectivity index (χ4v) is 2.86. The molecule has 110 valence electrons. The minimum Gasteiger partial charge on any atom is -0.493 e. The van der Waals surface area contributed by atoms with Crippen LogP contribution in [-0.4, -0.2) is 13.7 Å². The maximum atomic E-state index is 14.0. The van der Waals surface area contributed by atoms with Crippen molar-refractivity contribution >= 4 is 0 Å². The van der Waals surface area contributed by atoms with E-state index in [4.69, 9.17) is 4.74 Å². The zero-order valence-electron chi connectivity index (χ0n) is 11.4. The molecule has 0 amide bonds. The lowest BCUT2D eigenvalue weighted by molar-refractivity contribution is 0.299. The normalized spacial score (nSPS) is 18.2. The maximum Gasteiger partial charge on any atom is 0.133 e. The molecule has 5 heteroatoms. The van der Waals surface area contributed by atoms with Crippen LogP contribution in [0, 0.1) is 17.5 Å². The van der Waals surface area contributed by atoms with Gasteiger partial charge in [0.1, 0.15) is 23.2 Å². The molecule has 0 saturated carbocycles. The molecule has 3 rings (SSSR count). The van der Waals surface area contributed by atoms with Crippen molar-refractivity contribution in [3.63, 3.8) is 0 Å². The van der Waals surface area contributed by atoms with Crippen LogP contribution in [0.25, 0.3) is 0 Å². The lowest BCUT2D eigenvalue weighted by Gasteiger charge is -2.23. The van der Waals surface area contributed by atoms with Gasteiger partial charge in [-0.25, -0.2) is 13.2 Å². The van der Waals surface area contributed by atoms with Gasteiger partial charge in [0.25, 0.3) is 0 Å². The Bertz CT molecular complexity index is 651. The smallest absolute Gasteiger partial charge is 0.133 e. The third-order valence-corrected chi connectivity index (χ3v) is 3.81. The van der Waals surface area contributed by atoms with Crippen molar-refractivity contribution in [2.45, 2.75) is 12.0 Å². The molecule has 0 spiro atoms. The lowest BCUT2D eigenvalue weighted by Crippen LogP contribution is -2.27. The zero-order valence-corrected chi connectivity index (χ0v) is 11.4. The summed E-state index contributed by atoms with van der Waals surface area (Å²) in [6.07, 6.45) is 0. The van der Waals surface area contributed by atoms with Gasteiger partial charge in [0.2, 0.25) is 0 Å². The van der Waals surface area contributed by atoms with E-state index in [0.717, 1.165) is 5.56 Å². The molecule has 1 N–H and O–H groups in total. The van der Waals surface area contributed by atoms with E-state index < -0.39 is 23.5 Å². The van der Waals surface area contributed by atoms with Gasteiger partial charge in [-0.05, 0) is 13.1 Å². The number of likely N-dealkylation sites (N-methyl/N-ethyl adjacent to an activating group) is 1. The average molecular weight is 293 g/mol. The molecule has 2 unspecified atom stereocenters. The van der Waals surface area contributed by atoms with E-state index in [1.165, 1.54) is 0 Å². The van der Waals surface area contributed by atoms with Crippen LogP contribution in [0.1, 0.15) is 23.1 Å². The predicted octanol–water partition coefficient (Wildman–Crippen LogP) is 3.54. The molecule has 2 aromatic carbocycles. The Balaban J connectivity index is 2.05.